The highest BCUT2D eigenvalue weighted by atomic mass is 35.5. The van der Waals surface area contributed by atoms with Gasteiger partial charge in [-0.05, 0) is 91.1 Å². The molecule has 2 N–H and O–H groups in total. The van der Waals surface area contributed by atoms with Crippen LogP contribution in [0.2, 0.25) is 0 Å². The molecule has 0 radical (unpaired) electrons. The monoisotopic (exact) mass is 665 g/mol. The van der Waals surface area contributed by atoms with Crippen molar-refractivity contribution in [2.45, 2.75) is 45.7 Å². The van der Waals surface area contributed by atoms with Crippen molar-refractivity contribution >= 4 is 41.4 Å². The molecule has 4 heterocycles. The molecule has 1 atom stereocenters. The van der Waals surface area contributed by atoms with Crippen molar-refractivity contribution < 1.29 is 24.2 Å². The van der Waals surface area contributed by atoms with E-state index in [0.29, 0.717) is 46.2 Å². The van der Waals surface area contributed by atoms with Gasteiger partial charge in [0.25, 0.3) is 5.91 Å². The number of aromatic hydroxyl groups is 1. The van der Waals surface area contributed by atoms with Crippen molar-refractivity contribution in [3.63, 3.8) is 0 Å². The molecule has 0 saturated heterocycles. The van der Waals surface area contributed by atoms with E-state index >= 15 is 0 Å². The lowest BCUT2D eigenvalue weighted by Gasteiger charge is -2.36. The number of carbonyl (C=O) groups excluding carboxylic acids is 2. The lowest BCUT2D eigenvalue weighted by Crippen LogP contribution is -2.46. The Bertz CT molecular complexity index is 1930. The van der Waals surface area contributed by atoms with E-state index in [4.69, 9.17) is 9.47 Å². The molecule has 0 bridgehead atoms. The molecule has 1 aromatic heterocycles. The van der Waals surface area contributed by atoms with Crippen LogP contribution in [0.15, 0.2) is 97.3 Å². The van der Waals surface area contributed by atoms with E-state index in [1.54, 1.807) is 53.7 Å². The molecule has 3 aliphatic heterocycles. The van der Waals surface area contributed by atoms with Gasteiger partial charge in [0.1, 0.15) is 5.75 Å². The summed E-state index contributed by atoms with van der Waals surface area (Å²) >= 11 is 0. The average Bonchev–Trinajstić information content (AvgIpc) is 3.56. The minimum atomic E-state index is -0.409. The molecule has 48 heavy (non-hydrogen) atoms. The van der Waals surface area contributed by atoms with Crippen LogP contribution in [-0.4, -0.2) is 44.8 Å². The predicted octanol–water partition coefficient (Wildman–Crippen LogP) is 7.28. The van der Waals surface area contributed by atoms with Gasteiger partial charge in [-0.15, -0.1) is 12.4 Å². The number of ether oxygens (including phenoxy) is 2. The summed E-state index contributed by atoms with van der Waals surface area (Å²) in [4.78, 5) is 36.6. The van der Waals surface area contributed by atoms with Gasteiger partial charge in [0.2, 0.25) is 6.79 Å². The number of nitrogens with zero attached hydrogens (tertiary/aromatic N) is 4. The van der Waals surface area contributed by atoms with Crippen LogP contribution >= 0.6 is 12.4 Å². The maximum atomic E-state index is 14.4. The molecule has 3 aromatic carbocycles. The number of rotatable bonds is 5. The molecular weight excluding hydrogens is 630 g/mol. The summed E-state index contributed by atoms with van der Waals surface area (Å²) in [5.74, 6) is 1.12. The lowest BCUT2D eigenvalue weighted by molar-refractivity contribution is 0.0657. The predicted molar refractivity (Wildman–Crippen MR) is 185 cm³/mol. The number of pyridine rings is 1. The third kappa shape index (κ3) is 6.14. The number of phenolic OH excluding ortho intramolecular Hbond substituents is 1. The smallest absolute Gasteiger partial charge is 0.351 e. The van der Waals surface area contributed by atoms with Crippen molar-refractivity contribution in [3.8, 4) is 17.2 Å². The van der Waals surface area contributed by atoms with Gasteiger partial charge >= 0.3 is 6.03 Å². The summed E-state index contributed by atoms with van der Waals surface area (Å²) in [5.41, 5.74) is 9.17. The highest BCUT2D eigenvalue weighted by molar-refractivity contribution is 6.02. The summed E-state index contributed by atoms with van der Waals surface area (Å²) in [7, 11) is 0. The van der Waals surface area contributed by atoms with Gasteiger partial charge in [0.05, 0.1) is 22.6 Å². The minimum absolute atomic E-state index is 0. The average molecular weight is 666 g/mol. The van der Waals surface area contributed by atoms with Gasteiger partial charge in [0, 0.05) is 36.2 Å². The Hall–Kier alpha value is -5.48. The molecule has 0 aliphatic carbocycles. The lowest BCUT2D eigenvalue weighted by atomic mass is 9.93. The number of hydrazine groups is 1. The second-order valence-corrected chi connectivity index (χ2v) is 12.1. The zero-order chi connectivity index (χ0) is 32.7. The maximum absolute atomic E-state index is 14.4. The normalized spacial score (nSPS) is 16.1. The molecule has 0 fully saturated rings. The Balaban J connectivity index is 0.00000401. The highest BCUT2D eigenvalue weighted by Gasteiger charge is 2.33. The summed E-state index contributed by atoms with van der Waals surface area (Å²) in [5, 5.41) is 11.3. The van der Waals surface area contributed by atoms with E-state index in [0.717, 1.165) is 17.7 Å². The van der Waals surface area contributed by atoms with Crippen molar-refractivity contribution in [1.29, 1.82) is 0 Å². The standard InChI is InChI=1S/C37H35N5O5.ClH/c1-23(2)33-18-28(14-15-38-33)42(27-10-12-29(43)13-11-27)37(45)41-16-6-9-32(39-41)30-19-34-35(47-22-46-34)20-31(30)36(44)40-21-26-8-5-4-7-25(26)17-24(40)3;/h4-16,18-20,23-24,39,43H,17,21-22H2,1-3H3;1H/t24-;/m1./s1. The van der Waals surface area contributed by atoms with E-state index in [1.165, 1.54) is 22.7 Å². The number of anilines is 2. The van der Waals surface area contributed by atoms with Crippen molar-refractivity contribution in [3.05, 3.63) is 125 Å². The van der Waals surface area contributed by atoms with E-state index in [2.05, 4.69) is 29.5 Å². The number of allylic oxidation sites excluding steroid dienone is 2. The molecule has 7 rings (SSSR count). The Morgan fingerprint density at radius 3 is 2.46 bits per heavy atom. The van der Waals surface area contributed by atoms with Crippen LogP contribution in [-0.2, 0) is 13.0 Å². The minimum Gasteiger partial charge on any atom is -0.508 e. The van der Waals surface area contributed by atoms with Crippen LogP contribution in [0.1, 0.15) is 59.4 Å². The van der Waals surface area contributed by atoms with Crippen molar-refractivity contribution in [2.75, 3.05) is 11.7 Å². The van der Waals surface area contributed by atoms with Crippen LogP contribution in [0.25, 0.3) is 5.70 Å². The van der Waals surface area contributed by atoms with Gasteiger partial charge < -0.3 is 19.5 Å². The van der Waals surface area contributed by atoms with Crippen molar-refractivity contribution in [1.82, 2.24) is 20.3 Å². The first-order valence-corrected chi connectivity index (χ1v) is 15.6. The number of benzene rings is 3. The zero-order valence-electron chi connectivity index (χ0n) is 26.8. The first kappa shape index (κ1) is 32.5. The summed E-state index contributed by atoms with van der Waals surface area (Å²) < 4.78 is 11.4. The van der Waals surface area contributed by atoms with Gasteiger partial charge in [-0.25, -0.2) is 9.80 Å². The number of hydrogen-bond acceptors (Lipinski definition) is 7. The highest BCUT2D eigenvalue weighted by Crippen LogP contribution is 2.39. The molecule has 10 nitrogen and oxygen atoms in total. The zero-order valence-corrected chi connectivity index (χ0v) is 27.6. The number of nitrogens with one attached hydrogen (secondary N) is 1. The fourth-order valence-electron chi connectivity index (χ4n) is 6.11. The molecule has 3 amide bonds. The quantitative estimate of drug-likeness (QED) is 0.231. The Morgan fingerprint density at radius 2 is 1.71 bits per heavy atom. The van der Waals surface area contributed by atoms with Crippen LogP contribution in [0, 0.1) is 0 Å². The van der Waals surface area contributed by atoms with Gasteiger partial charge in [-0.3, -0.25) is 20.1 Å². The number of phenols is 1. The second kappa shape index (κ2) is 13.3. The third-order valence-electron chi connectivity index (χ3n) is 8.66. The van der Waals surface area contributed by atoms with Crippen LogP contribution < -0.4 is 19.8 Å². The fraction of sp³-hybridized carbons (Fsp3) is 0.216. The Kier molecular flexibility index (Phi) is 9.01. The number of aromatic nitrogens is 1. The molecule has 0 unspecified atom stereocenters. The van der Waals surface area contributed by atoms with Gasteiger partial charge in [0.15, 0.2) is 11.5 Å². The molecule has 246 valence electrons. The molecule has 0 spiro atoms. The van der Waals surface area contributed by atoms with E-state index in [1.807, 2.05) is 43.0 Å². The Labute approximate surface area is 285 Å². The fourth-order valence-corrected chi connectivity index (χ4v) is 6.11. The number of hydrogen-bond donors (Lipinski definition) is 2. The second-order valence-electron chi connectivity index (χ2n) is 12.1. The number of urea groups is 1. The van der Waals surface area contributed by atoms with Crippen LogP contribution in [0.5, 0.6) is 17.2 Å². The topological polar surface area (TPSA) is 107 Å². The van der Waals surface area contributed by atoms with Crippen LogP contribution in [0.3, 0.4) is 0 Å². The molecule has 4 aromatic rings. The molecule has 11 heteroatoms. The third-order valence-corrected chi connectivity index (χ3v) is 8.66. The number of fused-ring (bicyclic) bond motifs is 2. The maximum Gasteiger partial charge on any atom is 0.351 e. The summed E-state index contributed by atoms with van der Waals surface area (Å²) in [6.07, 6.45) is 7.64. The van der Waals surface area contributed by atoms with Gasteiger partial charge in [-0.1, -0.05) is 38.1 Å². The van der Waals surface area contributed by atoms with E-state index in [9.17, 15) is 14.7 Å². The SMILES string of the molecule is CC(C)c1cc(N(C(=O)N2C=CC=C(c3cc4c(cc3C(=O)N3Cc5ccccc5C[C@H]3C)OCO4)N2)c2ccc(O)cc2)ccn1.Cl. The molecule has 0 saturated carbocycles. The summed E-state index contributed by atoms with van der Waals surface area (Å²) in [6.45, 7) is 6.69. The number of amides is 3. The molecular formula is C37H36ClN5O5. The Morgan fingerprint density at radius 1 is 0.979 bits per heavy atom. The van der Waals surface area contributed by atoms with Gasteiger partial charge in [-0.2, -0.15) is 0 Å². The van der Waals surface area contributed by atoms with E-state index in [-0.39, 0.29) is 42.8 Å². The number of halogens is 1. The van der Waals surface area contributed by atoms with Crippen molar-refractivity contribution in [2.24, 2.45) is 0 Å². The van der Waals surface area contributed by atoms with Crippen LogP contribution in [0.4, 0.5) is 16.2 Å². The first-order chi connectivity index (χ1) is 22.8. The largest absolute Gasteiger partial charge is 0.508 e. The van der Waals surface area contributed by atoms with E-state index < -0.39 is 6.03 Å². The molecule has 3 aliphatic rings. The number of carbonyl (C=O) groups is 2. The summed E-state index contributed by atoms with van der Waals surface area (Å²) in [6, 6.07) is 21.4. The first-order valence-electron chi connectivity index (χ1n) is 15.6.